The van der Waals surface area contributed by atoms with Crippen LogP contribution in [0.3, 0.4) is 0 Å². The van der Waals surface area contributed by atoms with Gasteiger partial charge in [-0.25, -0.2) is 9.37 Å². The topological polar surface area (TPSA) is 60.5 Å². The first kappa shape index (κ1) is 12.0. The van der Waals surface area contributed by atoms with E-state index in [1.54, 1.807) is 18.2 Å². The third kappa shape index (κ3) is 2.02. The molecule has 0 bridgehead atoms. The predicted molar refractivity (Wildman–Crippen MR) is 64.1 cm³/mol. The van der Waals surface area contributed by atoms with Crippen LogP contribution < -0.4 is 0 Å². The zero-order valence-corrected chi connectivity index (χ0v) is 9.74. The van der Waals surface area contributed by atoms with Gasteiger partial charge in [-0.15, -0.1) is 0 Å². The number of benzene rings is 1. The first-order valence-corrected chi connectivity index (χ1v) is 5.29. The summed E-state index contributed by atoms with van der Waals surface area (Å²) in [4.78, 5) is 3.79. The molecule has 0 amide bonds. The van der Waals surface area contributed by atoms with Gasteiger partial charge in [0.1, 0.15) is 23.1 Å². The lowest BCUT2D eigenvalue weighted by Gasteiger charge is -2.05. The van der Waals surface area contributed by atoms with Crippen molar-refractivity contribution >= 4 is 11.6 Å². The van der Waals surface area contributed by atoms with Crippen molar-refractivity contribution in [3.8, 4) is 23.3 Å². The molecule has 2 rings (SSSR count). The van der Waals surface area contributed by atoms with Crippen molar-refractivity contribution in [1.29, 1.82) is 10.5 Å². The molecule has 0 aliphatic carbocycles. The number of nitriles is 2. The summed E-state index contributed by atoms with van der Waals surface area (Å²) in [7, 11) is 0. The van der Waals surface area contributed by atoms with E-state index >= 15 is 0 Å². The Labute approximate surface area is 108 Å². The Morgan fingerprint density at radius 1 is 1.17 bits per heavy atom. The van der Waals surface area contributed by atoms with Crippen LogP contribution in [0.25, 0.3) is 11.1 Å². The molecule has 0 radical (unpaired) electrons. The standard InChI is InChI=1S/C13H5ClFN3/c14-13-11(7-17)10(3-4-18-13)8-1-2-9(6-16)12(15)5-8/h1-5H. The van der Waals surface area contributed by atoms with E-state index in [-0.39, 0.29) is 16.3 Å². The molecule has 1 heterocycles. The minimum absolute atomic E-state index is 0.0441. The normalized spacial score (nSPS) is 9.56. The Kier molecular flexibility index (Phi) is 3.23. The summed E-state index contributed by atoms with van der Waals surface area (Å²) in [5, 5.41) is 17.7. The lowest BCUT2D eigenvalue weighted by atomic mass is 10.0. The minimum atomic E-state index is -0.633. The van der Waals surface area contributed by atoms with E-state index in [0.717, 1.165) is 0 Å². The van der Waals surface area contributed by atoms with Gasteiger partial charge in [-0.05, 0) is 23.8 Å². The lowest BCUT2D eigenvalue weighted by molar-refractivity contribution is 0.624. The van der Waals surface area contributed by atoms with Crippen LogP contribution in [0.2, 0.25) is 5.15 Å². The summed E-state index contributed by atoms with van der Waals surface area (Å²) in [6, 6.07) is 9.36. The zero-order chi connectivity index (χ0) is 13.1. The first-order valence-electron chi connectivity index (χ1n) is 4.92. The number of pyridine rings is 1. The van der Waals surface area contributed by atoms with Gasteiger partial charge in [-0.1, -0.05) is 17.7 Å². The number of halogens is 2. The minimum Gasteiger partial charge on any atom is -0.243 e. The van der Waals surface area contributed by atoms with Gasteiger partial charge in [0.2, 0.25) is 0 Å². The molecule has 0 aliphatic heterocycles. The molecule has 0 unspecified atom stereocenters. The smallest absolute Gasteiger partial charge is 0.147 e. The predicted octanol–water partition coefficient (Wildman–Crippen LogP) is 3.28. The molecular weight excluding hydrogens is 253 g/mol. The molecule has 1 aromatic carbocycles. The molecule has 3 nitrogen and oxygen atoms in total. The molecular formula is C13H5ClFN3. The summed E-state index contributed by atoms with van der Waals surface area (Å²) in [5.41, 5.74) is 1.11. The van der Waals surface area contributed by atoms with Crippen molar-refractivity contribution in [2.24, 2.45) is 0 Å². The summed E-state index contributed by atoms with van der Waals surface area (Å²) >= 11 is 5.80. The quantitative estimate of drug-likeness (QED) is 0.737. The molecule has 0 aliphatic rings. The number of nitrogens with zero attached hydrogens (tertiary/aromatic N) is 3. The van der Waals surface area contributed by atoms with E-state index < -0.39 is 5.82 Å². The lowest BCUT2D eigenvalue weighted by Crippen LogP contribution is -1.91. The number of aromatic nitrogens is 1. The van der Waals surface area contributed by atoms with Gasteiger partial charge in [-0.2, -0.15) is 10.5 Å². The molecule has 0 atom stereocenters. The maximum atomic E-state index is 13.5. The fourth-order valence-corrected chi connectivity index (χ4v) is 1.76. The van der Waals surface area contributed by atoms with Crippen molar-refractivity contribution < 1.29 is 4.39 Å². The van der Waals surface area contributed by atoms with Gasteiger partial charge >= 0.3 is 0 Å². The maximum absolute atomic E-state index is 13.5. The van der Waals surface area contributed by atoms with Gasteiger partial charge in [0.15, 0.2) is 0 Å². The average Bonchev–Trinajstić information content (AvgIpc) is 2.38. The highest BCUT2D eigenvalue weighted by molar-refractivity contribution is 6.30. The number of hydrogen-bond donors (Lipinski definition) is 0. The van der Waals surface area contributed by atoms with E-state index in [1.165, 1.54) is 18.3 Å². The second kappa shape index (κ2) is 4.83. The van der Waals surface area contributed by atoms with Crippen LogP contribution in [0.5, 0.6) is 0 Å². The number of rotatable bonds is 1. The molecule has 0 saturated heterocycles. The van der Waals surface area contributed by atoms with E-state index in [0.29, 0.717) is 11.1 Å². The first-order chi connectivity index (χ1) is 8.67. The fraction of sp³-hybridized carbons (Fsp3) is 0. The Balaban J connectivity index is 2.64. The molecule has 0 N–H and O–H groups in total. The molecule has 0 fully saturated rings. The van der Waals surface area contributed by atoms with Crippen molar-refractivity contribution in [3.05, 3.63) is 52.6 Å². The summed E-state index contributed by atoms with van der Waals surface area (Å²) in [6.45, 7) is 0. The van der Waals surface area contributed by atoms with Gasteiger partial charge < -0.3 is 0 Å². The second-order valence-corrected chi connectivity index (χ2v) is 3.80. The summed E-state index contributed by atoms with van der Waals surface area (Å²) in [6.07, 6.45) is 1.44. The highest BCUT2D eigenvalue weighted by Gasteiger charge is 2.11. The van der Waals surface area contributed by atoms with Crippen LogP contribution in [-0.2, 0) is 0 Å². The summed E-state index contributed by atoms with van der Waals surface area (Å²) in [5.74, 6) is -0.633. The van der Waals surface area contributed by atoms with E-state index in [1.807, 2.05) is 6.07 Å². The molecule has 0 saturated carbocycles. The third-order valence-electron chi connectivity index (χ3n) is 2.42. The van der Waals surface area contributed by atoms with Gasteiger partial charge in [0, 0.05) is 11.8 Å². The second-order valence-electron chi connectivity index (χ2n) is 3.44. The number of hydrogen-bond acceptors (Lipinski definition) is 3. The zero-order valence-electron chi connectivity index (χ0n) is 8.98. The summed E-state index contributed by atoms with van der Waals surface area (Å²) < 4.78 is 13.5. The Morgan fingerprint density at radius 3 is 2.56 bits per heavy atom. The molecule has 5 heteroatoms. The van der Waals surface area contributed by atoms with Crippen molar-refractivity contribution in [3.63, 3.8) is 0 Å². The average molecular weight is 258 g/mol. The van der Waals surface area contributed by atoms with Crippen LogP contribution in [0.15, 0.2) is 30.5 Å². The van der Waals surface area contributed by atoms with Crippen molar-refractivity contribution in [1.82, 2.24) is 4.98 Å². The molecule has 2 aromatic rings. The van der Waals surface area contributed by atoms with Crippen LogP contribution in [-0.4, -0.2) is 4.98 Å². The van der Waals surface area contributed by atoms with Crippen LogP contribution in [0, 0.1) is 28.5 Å². The van der Waals surface area contributed by atoms with Crippen LogP contribution in [0.4, 0.5) is 4.39 Å². The van der Waals surface area contributed by atoms with E-state index in [9.17, 15) is 4.39 Å². The molecule has 18 heavy (non-hydrogen) atoms. The van der Waals surface area contributed by atoms with Gasteiger partial charge in [0.25, 0.3) is 0 Å². The van der Waals surface area contributed by atoms with Gasteiger partial charge in [0.05, 0.1) is 11.1 Å². The third-order valence-corrected chi connectivity index (χ3v) is 2.70. The Bertz CT molecular complexity index is 698. The fourth-order valence-electron chi connectivity index (χ4n) is 1.56. The SMILES string of the molecule is N#Cc1ccc(-c2ccnc(Cl)c2C#N)cc1F. The molecule has 86 valence electrons. The molecule has 1 aromatic heterocycles. The van der Waals surface area contributed by atoms with Crippen LogP contribution >= 0.6 is 11.6 Å². The monoisotopic (exact) mass is 257 g/mol. The van der Waals surface area contributed by atoms with Crippen molar-refractivity contribution in [2.45, 2.75) is 0 Å². The molecule has 0 spiro atoms. The Hall–Kier alpha value is -2.43. The van der Waals surface area contributed by atoms with E-state index in [4.69, 9.17) is 22.1 Å². The highest BCUT2D eigenvalue weighted by Crippen LogP contribution is 2.28. The largest absolute Gasteiger partial charge is 0.243 e. The van der Waals surface area contributed by atoms with E-state index in [2.05, 4.69) is 4.98 Å². The van der Waals surface area contributed by atoms with Crippen LogP contribution in [0.1, 0.15) is 11.1 Å². The van der Waals surface area contributed by atoms with Crippen molar-refractivity contribution in [2.75, 3.05) is 0 Å². The maximum Gasteiger partial charge on any atom is 0.147 e. The highest BCUT2D eigenvalue weighted by atomic mass is 35.5. The Morgan fingerprint density at radius 2 is 1.94 bits per heavy atom. The van der Waals surface area contributed by atoms with Gasteiger partial charge in [-0.3, -0.25) is 0 Å².